The molecule has 0 atom stereocenters. The van der Waals surface area contributed by atoms with Crippen molar-refractivity contribution in [3.05, 3.63) is 58.3 Å². The van der Waals surface area contributed by atoms with Gasteiger partial charge in [0.25, 0.3) is 11.8 Å². The molecule has 0 bridgehead atoms. The van der Waals surface area contributed by atoms with E-state index in [-0.39, 0.29) is 10.7 Å². The molecule has 1 aliphatic heterocycles. The summed E-state index contributed by atoms with van der Waals surface area (Å²) in [4.78, 5) is 27.5. The molecule has 122 valence electrons. The molecule has 0 radical (unpaired) electrons. The minimum absolute atomic E-state index is 0.0866. The molecule has 0 saturated carbocycles. The second-order valence-corrected chi connectivity index (χ2v) is 6.63. The number of amides is 2. The zero-order valence-electron chi connectivity index (χ0n) is 13.1. The fourth-order valence-electron chi connectivity index (χ4n) is 2.50. The van der Waals surface area contributed by atoms with E-state index in [1.54, 1.807) is 20.2 Å². The van der Waals surface area contributed by atoms with Crippen LogP contribution in [0.4, 0.5) is 0 Å². The molecule has 0 spiro atoms. The quantitative estimate of drug-likeness (QED) is 0.439. The number of aromatic nitrogens is 1. The standard InChI is InChI=1S/C17H14BrN3O2S/c1-19-15(22)14(16(23)20(2)17(19)24)10-13-7-4-8-21(13)12-6-3-5-11(18)9-12/h3-10H,1-2H3. The van der Waals surface area contributed by atoms with Gasteiger partial charge >= 0.3 is 0 Å². The highest BCUT2D eigenvalue weighted by Crippen LogP contribution is 2.22. The van der Waals surface area contributed by atoms with Crippen LogP contribution in [-0.4, -0.2) is 45.4 Å². The number of rotatable bonds is 2. The lowest BCUT2D eigenvalue weighted by molar-refractivity contribution is -0.132. The highest BCUT2D eigenvalue weighted by molar-refractivity contribution is 9.10. The van der Waals surface area contributed by atoms with Crippen LogP contribution in [0.3, 0.4) is 0 Å². The van der Waals surface area contributed by atoms with Crippen molar-refractivity contribution < 1.29 is 9.59 Å². The number of benzene rings is 1. The van der Waals surface area contributed by atoms with Crippen LogP contribution in [0.25, 0.3) is 11.8 Å². The molecule has 0 N–H and O–H groups in total. The van der Waals surface area contributed by atoms with Crippen LogP contribution in [0, 0.1) is 0 Å². The van der Waals surface area contributed by atoms with E-state index in [9.17, 15) is 9.59 Å². The molecule has 1 aromatic heterocycles. The van der Waals surface area contributed by atoms with Gasteiger partial charge in [-0.3, -0.25) is 19.4 Å². The van der Waals surface area contributed by atoms with Crippen molar-refractivity contribution in [2.24, 2.45) is 0 Å². The van der Waals surface area contributed by atoms with Gasteiger partial charge in [-0.1, -0.05) is 22.0 Å². The van der Waals surface area contributed by atoms with Crippen LogP contribution in [0.5, 0.6) is 0 Å². The van der Waals surface area contributed by atoms with Crippen molar-refractivity contribution in [3.8, 4) is 5.69 Å². The first-order valence-electron chi connectivity index (χ1n) is 7.15. The van der Waals surface area contributed by atoms with Crippen LogP contribution in [0.1, 0.15) is 5.69 Å². The van der Waals surface area contributed by atoms with Gasteiger partial charge in [0.15, 0.2) is 5.11 Å². The summed E-state index contributed by atoms with van der Waals surface area (Å²) in [5.41, 5.74) is 1.75. The molecular formula is C17H14BrN3O2S. The summed E-state index contributed by atoms with van der Waals surface area (Å²) in [6, 6.07) is 11.5. The Morgan fingerprint density at radius 3 is 2.33 bits per heavy atom. The molecule has 1 fully saturated rings. The van der Waals surface area contributed by atoms with Gasteiger partial charge < -0.3 is 4.57 Å². The molecular weight excluding hydrogens is 390 g/mol. The monoisotopic (exact) mass is 403 g/mol. The summed E-state index contributed by atoms with van der Waals surface area (Å²) in [6.07, 6.45) is 3.48. The molecule has 1 aromatic carbocycles. The molecule has 1 aliphatic rings. The first-order valence-corrected chi connectivity index (χ1v) is 8.35. The van der Waals surface area contributed by atoms with E-state index in [2.05, 4.69) is 15.9 Å². The fourth-order valence-corrected chi connectivity index (χ4v) is 3.05. The number of carbonyl (C=O) groups excluding carboxylic acids is 2. The number of carbonyl (C=O) groups is 2. The van der Waals surface area contributed by atoms with Gasteiger partial charge in [0, 0.05) is 36.1 Å². The van der Waals surface area contributed by atoms with Gasteiger partial charge in [0.1, 0.15) is 5.57 Å². The molecule has 2 amide bonds. The maximum Gasteiger partial charge on any atom is 0.265 e. The van der Waals surface area contributed by atoms with Crippen LogP contribution >= 0.6 is 28.1 Å². The Morgan fingerprint density at radius 2 is 1.71 bits per heavy atom. The normalized spacial score (nSPS) is 15.3. The van der Waals surface area contributed by atoms with Crippen molar-refractivity contribution in [2.75, 3.05) is 14.1 Å². The van der Waals surface area contributed by atoms with Crippen LogP contribution < -0.4 is 0 Å². The summed E-state index contributed by atoms with van der Waals surface area (Å²) in [5.74, 6) is -0.796. The predicted molar refractivity (Wildman–Crippen MR) is 99.6 cm³/mol. The summed E-state index contributed by atoms with van der Waals surface area (Å²) in [7, 11) is 3.13. The third-order valence-corrected chi connectivity index (χ3v) is 4.84. The van der Waals surface area contributed by atoms with E-state index in [1.165, 1.54) is 9.80 Å². The minimum Gasteiger partial charge on any atom is -0.317 e. The Morgan fingerprint density at radius 1 is 1.04 bits per heavy atom. The van der Waals surface area contributed by atoms with Gasteiger partial charge in [-0.05, 0) is 48.6 Å². The fraction of sp³-hybridized carbons (Fsp3) is 0.118. The third kappa shape index (κ3) is 2.81. The average molecular weight is 404 g/mol. The third-order valence-electron chi connectivity index (χ3n) is 3.80. The highest BCUT2D eigenvalue weighted by atomic mass is 79.9. The van der Waals surface area contributed by atoms with Crippen molar-refractivity contribution in [3.63, 3.8) is 0 Å². The van der Waals surface area contributed by atoms with Gasteiger partial charge in [-0.15, -0.1) is 0 Å². The Balaban J connectivity index is 2.06. The van der Waals surface area contributed by atoms with Crippen molar-refractivity contribution in [1.29, 1.82) is 0 Å². The molecule has 3 rings (SSSR count). The smallest absolute Gasteiger partial charge is 0.265 e. The lowest BCUT2D eigenvalue weighted by Crippen LogP contribution is -2.52. The lowest BCUT2D eigenvalue weighted by atomic mass is 10.1. The molecule has 0 unspecified atom stereocenters. The van der Waals surface area contributed by atoms with Gasteiger partial charge in [0.2, 0.25) is 0 Å². The zero-order valence-corrected chi connectivity index (χ0v) is 15.5. The van der Waals surface area contributed by atoms with E-state index in [4.69, 9.17) is 12.2 Å². The van der Waals surface area contributed by atoms with E-state index in [1.807, 2.05) is 47.2 Å². The topological polar surface area (TPSA) is 45.6 Å². The number of halogens is 1. The van der Waals surface area contributed by atoms with Crippen LogP contribution in [0.15, 0.2) is 52.6 Å². The Bertz CT molecular complexity index is 861. The van der Waals surface area contributed by atoms with E-state index in [0.29, 0.717) is 0 Å². The van der Waals surface area contributed by atoms with Crippen LogP contribution in [0.2, 0.25) is 0 Å². The van der Waals surface area contributed by atoms with Gasteiger partial charge in [-0.25, -0.2) is 0 Å². The second kappa shape index (κ2) is 6.33. The van der Waals surface area contributed by atoms with Gasteiger partial charge in [-0.2, -0.15) is 0 Å². The van der Waals surface area contributed by atoms with Crippen molar-refractivity contribution in [2.45, 2.75) is 0 Å². The van der Waals surface area contributed by atoms with Crippen molar-refractivity contribution in [1.82, 2.24) is 14.4 Å². The second-order valence-electron chi connectivity index (χ2n) is 5.35. The van der Waals surface area contributed by atoms with Gasteiger partial charge in [0.05, 0.1) is 0 Å². The maximum atomic E-state index is 12.4. The average Bonchev–Trinajstić information content (AvgIpc) is 3.03. The van der Waals surface area contributed by atoms with E-state index < -0.39 is 11.8 Å². The highest BCUT2D eigenvalue weighted by Gasteiger charge is 2.35. The Kier molecular flexibility index (Phi) is 4.38. The SMILES string of the molecule is CN1C(=O)C(=Cc2cccn2-c2cccc(Br)c2)C(=O)N(C)C1=S. The Labute approximate surface area is 153 Å². The molecule has 5 nitrogen and oxygen atoms in total. The molecule has 7 heteroatoms. The molecule has 1 saturated heterocycles. The first kappa shape index (κ1) is 16.6. The number of hydrogen-bond acceptors (Lipinski definition) is 3. The van der Waals surface area contributed by atoms with E-state index in [0.717, 1.165) is 15.9 Å². The largest absolute Gasteiger partial charge is 0.317 e. The summed E-state index contributed by atoms with van der Waals surface area (Å²) in [5, 5.41) is 0.199. The molecule has 2 aromatic rings. The number of nitrogens with zero attached hydrogens (tertiary/aromatic N) is 3. The summed E-state index contributed by atoms with van der Waals surface area (Å²) >= 11 is 8.54. The molecule has 24 heavy (non-hydrogen) atoms. The molecule has 2 heterocycles. The zero-order chi connectivity index (χ0) is 17.4. The Hall–Kier alpha value is -2.25. The lowest BCUT2D eigenvalue weighted by Gasteiger charge is -2.31. The molecule has 0 aliphatic carbocycles. The van der Waals surface area contributed by atoms with Crippen molar-refractivity contribution >= 4 is 51.2 Å². The maximum absolute atomic E-state index is 12.4. The summed E-state index contributed by atoms with van der Waals surface area (Å²) in [6.45, 7) is 0. The number of hydrogen-bond donors (Lipinski definition) is 0. The summed E-state index contributed by atoms with van der Waals surface area (Å²) < 4.78 is 2.85. The predicted octanol–water partition coefficient (Wildman–Crippen LogP) is 2.84. The number of thiocarbonyl (C=S) groups is 1. The van der Waals surface area contributed by atoms with E-state index >= 15 is 0 Å². The first-order chi connectivity index (χ1) is 11.4. The minimum atomic E-state index is -0.398. The van der Waals surface area contributed by atoms with Crippen LogP contribution in [-0.2, 0) is 9.59 Å². The number of likely N-dealkylation sites (N-methyl/N-ethyl adjacent to an activating group) is 2.